The third-order valence-electron chi connectivity index (χ3n) is 5.11. The Morgan fingerprint density at radius 1 is 0.857 bits per heavy atom. The molecule has 2 rings (SSSR count). The molecule has 0 nitrogen and oxygen atoms in total. The first-order valence-electron chi connectivity index (χ1n) is 8.07. The van der Waals surface area contributed by atoms with Crippen molar-refractivity contribution in [3.05, 3.63) is 58.2 Å². The maximum absolute atomic E-state index is 4.36. The van der Waals surface area contributed by atoms with Gasteiger partial charge in [0.25, 0.3) is 0 Å². The van der Waals surface area contributed by atoms with Crippen LogP contribution in [0.15, 0.2) is 24.8 Å². The standard InChI is InChI=1S/C21H28/c1-8-9-10-19-12-11-13(2)14(3)20-17(6)15(4)16(5)18(7)21(19)20/h10H,2-3,8-9,11-12H2,1,4-7H3/b19-10+. The van der Waals surface area contributed by atoms with E-state index in [1.165, 1.54) is 50.9 Å². The van der Waals surface area contributed by atoms with Crippen molar-refractivity contribution in [3.8, 4) is 0 Å². The molecule has 0 amide bonds. The van der Waals surface area contributed by atoms with Crippen molar-refractivity contribution >= 4 is 11.1 Å². The minimum atomic E-state index is 1.03. The Morgan fingerprint density at radius 2 is 1.43 bits per heavy atom. The summed E-state index contributed by atoms with van der Waals surface area (Å²) < 4.78 is 0. The van der Waals surface area contributed by atoms with Gasteiger partial charge in [0, 0.05) is 0 Å². The van der Waals surface area contributed by atoms with Gasteiger partial charge in [-0.2, -0.15) is 0 Å². The maximum atomic E-state index is 4.36. The van der Waals surface area contributed by atoms with Crippen molar-refractivity contribution in [2.45, 2.75) is 60.3 Å². The molecule has 0 saturated carbocycles. The third kappa shape index (κ3) is 2.64. The Balaban J connectivity index is 2.83. The molecule has 0 spiro atoms. The zero-order valence-corrected chi connectivity index (χ0v) is 14.3. The lowest BCUT2D eigenvalue weighted by atomic mass is 9.83. The van der Waals surface area contributed by atoms with Crippen LogP contribution >= 0.6 is 0 Å². The predicted molar refractivity (Wildman–Crippen MR) is 95.7 cm³/mol. The molecule has 0 aliphatic heterocycles. The Kier molecular flexibility index (Phi) is 4.56. The van der Waals surface area contributed by atoms with Gasteiger partial charge in [0.1, 0.15) is 0 Å². The molecule has 1 aliphatic rings. The van der Waals surface area contributed by atoms with E-state index in [1.807, 2.05) is 0 Å². The molecule has 0 fully saturated rings. The summed E-state index contributed by atoms with van der Waals surface area (Å²) >= 11 is 0. The molecule has 0 saturated heterocycles. The van der Waals surface area contributed by atoms with Gasteiger partial charge >= 0.3 is 0 Å². The quantitative estimate of drug-likeness (QED) is 0.545. The monoisotopic (exact) mass is 280 g/mol. The number of hydrogen-bond donors (Lipinski definition) is 0. The third-order valence-corrected chi connectivity index (χ3v) is 5.11. The highest BCUT2D eigenvalue weighted by atomic mass is 14.3. The second kappa shape index (κ2) is 6.05. The van der Waals surface area contributed by atoms with E-state index in [0.29, 0.717) is 0 Å². The molecule has 21 heavy (non-hydrogen) atoms. The highest BCUT2D eigenvalue weighted by Gasteiger charge is 2.23. The van der Waals surface area contributed by atoms with Crippen LogP contribution in [-0.2, 0) is 0 Å². The number of rotatable bonds is 2. The molecule has 1 aliphatic carbocycles. The first-order chi connectivity index (χ1) is 9.90. The van der Waals surface area contributed by atoms with E-state index in [1.54, 1.807) is 0 Å². The van der Waals surface area contributed by atoms with Gasteiger partial charge in [-0.3, -0.25) is 0 Å². The van der Waals surface area contributed by atoms with Crippen molar-refractivity contribution < 1.29 is 0 Å². The molecule has 112 valence electrons. The lowest BCUT2D eigenvalue weighted by Crippen LogP contribution is -2.03. The molecule has 1 aromatic rings. The van der Waals surface area contributed by atoms with Crippen molar-refractivity contribution in [3.63, 3.8) is 0 Å². The Labute approximate surface area is 130 Å². The summed E-state index contributed by atoms with van der Waals surface area (Å²) in [5.41, 5.74) is 12.2. The molecule has 0 bridgehead atoms. The Morgan fingerprint density at radius 3 is 2.00 bits per heavy atom. The Hall–Kier alpha value is -1.56. The number of allylic oxidation sites excluding steroid dienone is 4. The van der Waals surface area contributed by atoms with Gasteiger partial charge in [-0.05, 0) is 97.1 Å². The van der Waals surface area contributed by atoms with Gasteiger partial charge in [0.2, 0.25) is 0 Å². The fourth-order valence-electron chi connectivity index (χ4n) is 3.35. The van der Waals surface area contributed by atoms with E-state index in [-0.39, 0.29) is 0 Å². The highest BCUT2D eigenvalue weighted by molar-refractivity contribution is 5.91. The van der Waals surface area contributed by atoms with Crippen LogP contribution < -0.4 is 0 Å². The fourth-order valence-corrected chi connectivity index (χ4v) is 3.35. The molecule has 0 atom stereocenters. The van der Waals surface area contributed by atoms with E-state index in [4.69, 9.17) is 0 Å². The summed E-state index contributed by atoms with van der Waals surface area (Å²) in [6, 6.07) is 0. The van der Waals surface area contributed by atoms with Crippen LogP contribution in [-0.4, -0.2) is 0 Å². The molecular weight excluding hydrogens is 252 g/mol. The summed E-state index contributed by atoms with van der Waals surface area (Å²) in [7, 11) is 0. The Bertz CT molecular complexity index is 639. The van der Waals surface area contributed by atoms with Crippen LogP contribution in [0.2, 0.25) is 0 Å². The number of hydrogen-bond acceptors (Lipinski definition) is 0. The van der Waals surface area contributed by atoms with Gasteiger partial charge in [-0.1, -0.05) is 32.6 Å². The van der Waals surface area contributed by atoms with Gasteiger partial charge in [0.05, 0.1) is 0 Å². The topological polar surface area (TPSA) is 0 Å². The lowest BCUT2D eigenvalue weighted by Gasteiger charge is -2.22. The van der Waals surface area contributed by atoms with Crippen molar-refractivity contribution in [2.24, 2.45) is 0 Å². The normalized spacial score (nSPS) is 17.1. The molecule has 0 heterocycles. The van der Waals surface area contributed by atoms with E-state index >= 15 is 0 Å². The summed E-state index contributed by atoms with van der Waals surface area (Å²) in [5, 5.41) is 0. The SMILES string of the molecule is C=C1CC/C(=C\CCC)c2c(C)c(C)c(C)c(C)c2C1=C. The van der Waals surface area contributed by atoms with Crippen molar-refractivity contribution in [1.82, 2.24) is 0 Å². The van der Waals surface area contributed by atoms with E-state index in [9.17, 15) is 0 Å². The van der Waals surface area contributed by atoms with Crippen LogP contribution in [0.1, 0.15) is 66.0 Å². The number of fused-ring (bicyclic) bond motifs is 1. The van der Waals surface area contributed by atoms with Crippen LogP contribution in [0.5, 0.6) is 0 Å². The molecule has 0 N–H and O–H groups in total. The summed E-state index contributed by atoms with van der Waals surface area (Å²) in [6.07, 6.45) is 6.91. The molecule has 0 radical (unpaired) electrons. The molecule has 0 aromatic heterocycles. The van der Waals surface area contributed by atoms with E-state index < -0.39 is 0 Å². The van der Waals surface area contributed by atoms with Crippen LogP contribution in [0.3, 0.4) is 0 Å². The van der Waals surface area contributed by atoms with E-state index in [0.717, 1.165) is 24.8 Å². The smallest absolute Gasteiger partial charge is 0.00774 e. The second-order valence-corrected chi connectivity index (χ2v) is 6.35. The largest absolute Gasteiger partial charge is 0.0952 e. The van der Waals surface area contributed by atoms with Crippen molar-refractivity contribution in [2.75, 3.05) is 0 Å². The highest BCUT2D eigenvalue weighted by Crippen LogP contribution is 2.43. The summed E-state index contributed by atoms with van der Waals surface area (Å²) in [4.78, 5) is 0. The van der Waals surface area contributed by atoms with Crippen molar-refractivity contribution in [1.29, 1.82) is 0 Å². The molecule has 1 aromatic carbocycles. The van der Waals surface area contributed by atoms with Gasteiger partial charge < -0.3 is 0 Å². The first-order valence-corrected chi connectivity index (χ1v) is 8.07. The van der Waals surface area contributed by atoms with Gasteiger partial charge in [0.15, 0.2) is 0 Å². The fraction of sp³-hybridized carbons (Fsp3) is 0.429. The minimum Gasteiger partial charge on any atom is -0.0952 e. The van der Waals surface area contributed by atoms with Crippen LogP contribution in [0.25, 0.3) is 11.1 Å². The van der Waals surface area contributed by atoms with Gasteiger partial charge in [-0.15, -0.1) is 0 Å². The average molecular weight is 280 g/mol. The molecule has 0 unspecified atom stereocenters. The number of unbranched alkanes of at least 4 members (excludes halogenated alkanes) is 1. The van der Waals surface area contributed by atoms with Crippen LogP contribution in [0, 0.1) is 27.7 Å². The summed E-state index contributed by atoms with van der Waals surface area (Å²) in [6.45, 7) is 19.8. The summed E-state index contributed by atoms with van der Waals surface area (Å²) in [5.74, 6) is 0. The average Bonchev–Trinajstić information content (AvgIpc) is 2.59. The van der Waals surface area contributed by atoms with Gasteiger partial charge in [-0.25, -0.2) is 0 Å². The lowest BCUT2D eigenvalue weighted by molar-refractivity contribution is 0.947. The zero-order chi connectivity index (χ0) is 15.7. The first kappa shape index (κ1) is 15.8. The predicted octanol–water partition coefficient (Wildman–Crippen LogP) is 6.47. The zero-order valence-electron chi connectivity index (χ0n) is 14.3. The minimum absolute atomic E-state index is 1.03. The molecule has 0 heteroatoms. The maximum Gasteiger partial charge on any atom is -0.00774 e. The second-order valence-electron chi connectivity index (χ2n) is 6.35. The molecular formula is C21H28. The number of benzene rings is 1. The van der Waals surface area contributed by atoms with E-state index in [2.05, 4.69) is 53.9 Å². The van der Waals surface area contributed by atoms with Crippen LogP contribution in [0.4, 0.5) is 0 Å².